The van der Waals surface area contributed by atoms with E-state index in [4.69, 9.17) is 4.74 Å². The van der Waals surface area contributed by atoms with E-state index >= 15 is 0 Å². The number of amides is 1. The first-order valence-corrected chi connectivity index (χ1v) is 8.95. The minimum absolute atomic E-state index is 0.148. The predicted octanol–water partition coefficient (Wildman–Crippen LogP) is -0.335. The summed E-state index contributed by atoms with van der Waals surface area (Å²) < 4.78 is 7.07. The van der Waals surface area contributed by atoms with Gasteiger partial charge in [-0.1, -0.05) is 0 Å². The van der Waals surface area contributed by atoms with Crippen LogP contribution >= 0.6 is 0 Å². The Morgan fingerprint density at radius 1 is 1.19 bits per heavy atom. The van der Waals surface area contributed by atoms with Gasteiger partial charge in [0, 0.05) is 38.2 Å². The van der Waals surface area contributed by atoms with E-state index in [2.05, 4.69) is 30.4 Å². The average Bonchev–Trinajstić information content (AvgIpc) is 3.21. The molecule has 0 N–H and O–H groups in total. The lowest BCUT2D eigenvalue weighted by Gasteiger charge is -2.33. The van der Waals surface area contributed by atoms with Gasteiger partial charge in [-0.25, -0.2) is 14.6 Å². The Labute approximate surface area is 151 Å². The van der Waals surface area contributed by atoms with Crippen molar-refractivity contribution in [1.82, 2.24) is 35.1 Å². The number of tetrazole rings is 1. The van der Waals surface area contributed by atoms with Gasteiger partial charge in [-0.05, 0) is 23.3 Å². The lowest BCUT2D eigenvalue weighted by Crippen LogP contribution is -2.40. The Morgan fingerprint density at radius 3 is 2.88 bits per heavy atom. The second-order valence-electron chi connectivity index (χ2n) is 6.46. The Bertz CT molecular complexity index is 745. The monoisotopic (exact) mass is 358 g/mol. The van der Waals surface area contributed by atoms with Crippen LogP contribution in [0.2, 0.25) is 0 Å². The molecule has 1 fully saturated rings. The van der Waals surface area contributed by atoms with Crippen molar-refractivity contribution in [2.24, 2.45) is 0 Å². The van der Waals surface area contributed by atoms with Crippen molar-refractivity contribution in [2.75, 3.05) is 37.7 Å². The van der Waals surface area contributed by atoms with Crippen LogP contribution in [0.4, 0.5) is 5.82 Å². The molecule has 2 aliphatic rings. The number of hydrogen-bond acceptors (Lipinski definition) is 8. The van der Waals surface area contributed by atoms with Crippen LogP contribution in [0.15, 0.2) is 12.7 Å². The standard InChI is InChI=1S/C16H22N8O2/c25-15(2-1-4-24-12-19-20-21-24)23-5-3-13-14(10-23)17-11-18-16(13)22-6-8-26-9-7-22/h11-12H,1-10H2. The highest BCUT2D eigenvalue weighted by Gasteiger charge is 2.26. The molecular weight excluding hydrogens is 336 g/mol. The smallest absolute Gasteiger partial charge is 0.222 e. The highest BCUT2D eigenvalue weighted by atomic mass is 16.5. The van der Waals surface area contributed by atoms with Crippen molar-refractivity contribution < 1.29 is 9.53 Å². The average molecular weight is 358 g/mol. The van der Waals surface area contributed by atoms with Crippen molar-refractivity contribution in [1.29, 1.82) is 0 Å². The summed E-state index contributed by atoms with van der Waals surface area (Å²) in [5.41, 5.74) is 2.13. The van der Waals surface area contributed by atoms with Crippen molar-refractivity contribution in [3.63, 3.8) is 0 Å². The topological polar surface area (TPSA) is 102 Å². The van der Waals surface area contributed by atoms with Gasteiger partial charge in [-0.3, -0.25) is 4.79 Å². The molecule has 26 heavy (non-hydrogen) atoms. The van der Waals surface area contributed by atoms with Gasteiger partial charge in [-0.15, -0.1) is 5.10 Å². The number of aromatic nitrogens is 6. The van der Waals surface area contributed by atoms with E-state index in [0.717, 1.165) is 50.7 Å². The van der Waals surface area contributed by atoms with E-state index in [0.29, 0.717) is 26.1 Å². The molecule has 2 aromatic heterocycles. The number of anilines is 1. The maximum atomic E-state index is 12.5. The fourth-order valence-electron chi connectivity index (χ4n) is 3.43. The maximum Gasteiger partial charge on any atom is 0.222 e. The Hall–Kier alpha value is -2.62. The second-order valence-corrected chi connectivity index (χ2v) is 6.46. The van der Waals surface area contributed by atoms with Crippen LogP contribution in [0.25, 0.3) is 0 Å². The number of morpholine rings is 1. The number of ether oxygens (including phenoxy) is 1. The second kappa shape index (κ2) is 7.73. The van der Waals surface area contributed by atoms with Crippen molar-refractivity contribution in [3.05, 3.63) is 23.9 Å². The number of hydrogen-bond donors (Lipinski definition) is 0. The van der Waals surface area contributed by atoms with Crippen LogP contribution < -0.4 is 4.90 Å². The maximum absolute atomic E-state index is 12.5. The van der Waals surface area contributed by atoms with Crippen LogP contribution in [-0.4, -0.2) is 73.8 Å². The normalized spacial score (nSPS) is 17.2. The molecule has 0 atom stereocenters. The Morgan fingerprint density at radius 2 is 2.08 bits per heavy atom. The molecule has 0 radical (unpaired) electrons. The lowest BCUT2D eigenvalue weighted by atomic mass is 10.0. The molecule has 1 amide bonds. The Kier molecular flexibility index (Phi) is 5.00. The first-order chi connectivity index (χ1) is 12.8. The lowest BCUT2D eigenvalue weighted by molar-refractivity contribution is -0.132. The highest BCUT2D eigenvalue weighted by Crippen LogP contribution is 2.26. The van der Waals surface area contributed by atoms with Crippen molar-refractivity contribution in [2.45, 2.75) is 32.4 Å². The van der Waals surface area contributed by atoms with E-state index in [9.17, 15) is 4.79 Å². The summed E-state index contributed by atoms with van der Waals surface area (Å²) in [6.07, 6.45) is 5.16. The van der Waals surface area contributed by atoms with Gasteiger partial charge in [0.1, 0.15) is 18.5 Å². The van der Waals surface area contributed by atoms with Crippen LogP contribution in [-0.2, 0) is 29.0 Å². The molecule has 4 rings (SSSR count). The number of carbonyl (C=O) groups excluding carboxylic acids is 1. The van der Waals surface area contributed by atoms with Crippen molar-refractivity contribution >= 4 is 11.7 Å². The molecule has 4 heterocycles. The van der Waals surface area contributed by atoms with Gasteiger partial charge in [-0.2, -0.15) is 0 Å². The molecule has 0 bridgehead atoms. The minimum Gasteiger partial charge on any atom is -0.378 e. The van der Waals surface area contributed by atoms with Crippen molar-refractivity contribution in [3.8, 4) is 0 Å². The summed E-state index contributed by atoms with van der Waals surface area (Å²) in [6, 6.07) is 0. The third-order valence-corrected chi connectivity index (χ3v) is 4.82. The summed E-state index contributed by atoms with van der Waals surface area (Å²) in [5, 5.41) is 11.0. The Balaban J connectivity index is 1.37. The summed E-state index contributed by atoms with van der Waals surface area (Å²) in [4.78, 5) is 25.6. The molecule has 0 aliphatic carbocycles. The molecule has 1 saturated heterocycles. The number of nitrogens with zero attached hydrogens (tertiary/aromatic N) is 8. The molecule has 0 unspecified atom stereocenters. The summed E-state index contributed by atoms with van der Waals surface area (Å²) in [6.45, 7) is 5.06. The van der Waals surface area contributed by atoms with Gasteiger partial charge in [0.2, 0.25) is 5.91 Å². The number of fused-ring (bicyclic) bond motifs is 1. The van der Waals surface area contributed by atoms with Crippen LogP contribution in [0.5, 0.6) is 0 Å². The first kappa shape index (κ1) is 16.8. The van der Waals surface area contributed by atoms with E-state index in [1.165, 1.54) is 5.56 Å². The zero-order valence-corrected chi connectivity index (χ0v) is 14.6. The molecule has 10 heteroatoms. The summed E-state index contributed by atoms with van der Waals surface area (Å²) >= 11 is 0. The minimum atomic E-state index is 0.148. The number of aryl methyl sites for hydroxylation is 1. The molecule has 2 aromatic rings. The van der Waals surface area contributed by atoms with Crippen LogP contribution in [0.1, 0.15) is 24.1 Å². The van der Waals surface area contributed by atoms with Gasteiger partial charge in [0.05, 0.1) is 25.5 Å². The fraction of sp³-hybridized carbons (Fsp3) is 0.625. The van der Waals surface area contributed by atoms with E-state index in [-0.39, 0.29) is 5.91 Å². The quantitative estimate of drug-likeness (QED) is 0.716. The van der Waals surface area contributed by atoms with E-state index in [1.807, 2.05) is 4.90 Å². The fourth-order valence-corrected chi connectivity index (χ4v) is 3.43. The molecule has 2 aliphatic heterocycles. The molecule has 0 spiro atoms. The van der Waals surface area contributed by atoms with Gasteiger partial charge >= 0.3 is 0 Å². The van der Waals surface area contributed by atoms with Gasteiger partial charge in [0.25, 0.3) is 0 Å². The third kappa shape index (κ3) is 3.64. The highest BCUT2D eigenvalue weighted by molar-refractivity contribution is 5.76. The zero-order chi connectivity index (χ0) is 17.8. The first-order valence-electron chi connectivity index (χ1n) is 8.95. The van der Waals surface area contributed by atoms with Crippen LogP contribution in [0, 0.1) is 0 Å². The van der Waals surface area contributed by atoms with E-state index in [1.54, 1.807) is 17.3 Å². The van der Waals surface area contributed by atoms with Gasteiger partial charge < -0.3 is 14.5 Å². The largest absolute Gasteiger partial charge is 0.378 e. The van der Waals surface area contributed by atoms with E-state index < -0.39 is 0 Å². The summed E-state index contributed by atoms with van der Waals surface area (Å²) in [7, 11) is 0. The molecule has 10 nitrogen and oxygen atoms in total. The molecule has 0 aromatic carbocycles. The zero-order valence-electron chi connectivity index (χ0n) is 14.6. The number of carbonyl (C=O) groups is 1. The molecule has 138 valence electrons. The SMILES string of the molecule is O=C(CCCn1cnnn1)N1CCc2c(ncnc2N2CCOCC2)C1. The predicted molar refractivity (Wildman–Crippen MR) is 91.2 cm³/mol. The van der Waals surface area contributed by atoms with Crippen LogP contribution in [0.3, 0.4) is 0 Å². The van der Waals surface area contributed by atoms with Gasteiger partial charge in [0.15, 0.2) is 0 Å². The third-order valence-electron chi connectivity index (χ3n) is 4.82. The number of rotatable bonds is 5. The molecular formula is C16H22N8O2. The summed E-state index contributed by atoms with van der Waals surface area (Å²) in [5.74, 6) is 1.15. The molecule has 0 saturated carbocycles.